The van der Waals surface area contributed by atoms with E-state index in [0.717, 1.165) is 11.1 Å². The summed E-state index contributed by atoms with van der Waals surface area (Å²) >= 11 is 0. The van der Waals surface area contributed by atoms with Crippen LogP contribution in [0.5, 0.6) is 11.5 Å². The van der Waals surface area contributed by atoms with E-state index in [-0.39, 0.29) is 11.5 Å². The van der Waals surface area contributed by atoms with Crippen LogP contribution in [0.1, 0.15) is 28.8 Å². The van der Waals surface area contributed by atoms with Crippen LogP contribution in [-0.2, 0) is 11.2 Å². The van der Waals surface area contributed by atoms with Gasteiger partial charge in [0.1, 0.15) is 17.3 Å². The van der Waals surface area contributed by atoms with E-state index in [4.69, 9.17) is 18.9 Å². The van der Waals surface area contributed by atoms with Gasteiger partial charge in [-0.15, -0.1) is 0 Å². The first-order chi connectivity index (χ1) is 16.0. The summed E-state index contributed by atoms with van der Waals surface area (Å²) in [5.74, 6) is 1.15. The van der Waals surface area contributed by atoms with E-state index in [1.807, 2.05) is 43.3 Å². The number of phenols is 1. The van der Waals surface area contributed by atoms with E-state index in [2.05, 4.69) is 4.98 Å². The Labute approximate surface area is 191 Å². The molecule has 0 atom stereocenters. The van der Waals surface area contributed by atoms with Gasteiger partial charge in [0.15, 0.2) is 5.82 Å². The fourth-order valence-corrected chi connectivity index (χ4v) is 3.73. The Morgan fingerprint density at radius 3 is 2.48 bits per heavy atom. The highest BCUT2D eigenvalue weighted by atomic mass is 16.5. The van der Waals surface area contributed by atoms with Crippen LogP contribution in [0, 0.1) is 6.92 Å². The number of phenolic OH excluding ortho intramolecular Hbond substituents is 1. The van der Waals surface area contributed by atoms with Crippen LogP contribution in [0.3, 0.4) is 0 Å². The molecule has 4 aromatic rings. The van der Waals surface area contributed by atoms with Crippen LogP contribution in [0.2, 0.25) is 0 Å². The largest absolute Gasteiger partial charge is 0.507 e. The van der Waals surface area contributed by atoms with Crippen molar-refractivity contribution in [1.29, 1.82) is 0 Å². The minimum absolute atomic E-state index is 0.0253. The molecule has 0 bridgehead atoms. The standard InChI is InChI=1S/C26H24N2O5/c1-5-16-11-19(21(29)13-22(16)31-3)24-20(18-12-23(26(30)32-4)33-15(18)2)14-27-25(28-24)17-9-7-6-8-10-17/h6-14,29H,5H2,1-4H3. The van der Waals surface area contributed by atoms with Crippen molar-refractivity contribution >= 4 is 5.97 Å². The average Bonchev–Trinajstić information content (AvgIpc) is 3.24. The van der Waals surface area contributed by atoms with Crippen molar-refractivity contribution in [3.05, 3.63) is 71.8 Å². The molecule has 2 aromatic heterocycles. The Balaban J connectivity index is 1.98. The van der Waals surface area contributed by atoms with Gasteiger partial charge in [0, 0.05) is 34.5 Å². The molecular weight excluding hydrogens is 420 g/mol. The Morgan fingerprint density at radius 1 is 1.06 bits per heavy atom. The summed E-state index contributed by atoms with van der Waals surface area (Å²) in [4.78, 5) is 21.4. The highest BCUT2D eigenvalue weighted by Crippen LogP contribution is 2.41. The lowest BCUT2D eigenvalue weighted by atomic mass is 9.97. The molecule has 0 aliphatic carbocycles. The topological polar surface area (TPSA) is 94.7 Å². The van der Waals surface area contributed by atoms with E-state index in [0.29, 0.717) is 46.1 Å². The molecule has 2 heterocycles. The highest BCUT2D eigenvalue weighted by Gasteiger charge is 2.23. The molecule has 0 fully saturated rings. The zero-order chi connectivity index (χ0) is 23.5. The van der Waals surface area contributed by atoms with Gasteiger partial charge in [0.2, 0.25) is 5.76 Å². The number of carbonyl (C=O) groups is 1. The first kappa shape index (κ1) is 22.1. The molecule has 0 amide bonds. The SMILES string of the molecule is CCc1cc(-c2nc(-c3ccccc3)ncc2-c2cc(C(=O)OC)oc2C)c(O)cc1OC. The summed E-state index contributed by atoms with van der Waals surface area (Å²) in [6.45, 7) is 3.76. The maximum atomic E-state index is 12.0. The number of hydrogen-bond acceptors (Lipinski definition) is 7. The summed E-state index contributed by atoms with van der Waals surface area (Å²) in [7, 11) is 2.87. The van der Waals surface area contributed by atoms with E-state index in [9.17, 15) is 9.90 Å². The van der Waals surface area contributed by atoms with Crippen molar-refractivity contribution in [2.75, 3.05) is 14.2 Å². The summed E-state index contributed by atoms with van der Waals surface area (Å²) < 4.78 is 15.8. The van der Waals surface area contributed by atoms with Crippen LogP contribution < -0.4 is 4.74 Å². The van der Waals surface area contributed by atoms with Gasteiger partial charge in [0.05, 0.1) is 19.9 Å². The molecule has 4 rings (SSSR count). The van der Waals surface area contributed by atoms with E-state index in [1.54, 1.807) is 32.4 Å². The number of nitrogens with zero attached hydrogens (tertiary/aromatic N) is 2. The number of benzene rings is 2. The van der Waals surface area contributed by atoms with Gasteiger partial charge < -0.3 is 19.0 Å². The van der Waals surface area contributed by atoms with Crippen LogP contribution in [0.25, 0.3) is 33.8 Å². The second kappa shape index (κ2) is 9.16. The molecule has 168 valence electrons. The molecule has 33 heavy (non-hydrogen) atoms. The fraction of sp³-hybridized carbons (Fsp3) is 0.192. The molecule has 0 aliphatic heterocycles. The molecule has 1 N–H and O–H groups in total. The maximum Gasteiger partial charge on any atom is 0.373 e. The third kappa shape index (κ3) is 4.17. The molecule has 0 unspecified atom stereocenters. The van der Waals surface area contributed by atoms with Crippen molar-refractivity contribution in [2.45, 2.75) is 20.3 Å². The Bertz CT molecular complexity index is 1310. The summed E-state index contributed by atoms with van der Waals surface area (Å²) in [6.07, 6.45) is 2.39. The van der Waals surface area contributed by atoms with Gasteiger partial charge >= 0.3 is 5.97 Å². The molecule has 0 spiro atoms. The molecule has 0 aliphatic rings. The Hall–Kier alpha value is -4.13. The molecule has 0 saturated carbocycles. The lowest BCUT2D eigenvalue weighted by molar-refractivity contribution is 0.0563. The minimum atomic E-state index is -0.576. The van der Waals surface area contributed by atoms with Gasteiger partial charge in [-0.3, -0.25) is 0 Å². The van der Waals surface area contributed by atoms with E-state index in [1.165, 1.54) is 7.11 Å². The van der Waals surface area contributed by atoms with Gasteiger partial charge in [-0.1, -0.05) is 37.3 Å². The Morgan fingerprint density at radius 2 is 1.82 bits per heavy atom. The zero-order valence-corrected chi connectivity index (χ0v) is 18.9. The van der Waals surface area contributed by atoms with Crippen LogP contribution in [0.4, 0.5) is 0 Å². The zero-order valence-electron chi connectivity index (χ0n) is 18.9. The molecule has 7 nitrogen and oxygen atoms in total. The van der Waals surface area contributed by atoms with Gasteiger partial charge in [-0.05, 0) is 31.0 Å². The van der Waals surface area contributed by atoms with Crippen molar-refractivity contribution in [3.8, 4) is 45.3 Å². The normalized spacial score (nSPS) is 10.8. The number of hydrogen-bond donors (Lipinski definition) is 1. The number of aromatic nitrogens is 2. The summed E-state index contributed by atoms with van der Waals surface area (Å²) in [5.41, 5.74) is 4.07. The first-order valence-electron chi connectivity index (χ1n) is 10.5. The summed E-state index contributed by atoms with van der Waals surface area (Å²) in [5, 5.41) is 10.9. The third-order valence-corrected chi connectivity index (χ3v) is 5.45. The second-order valence-electron chi connectivity index (χ2n) is 7.43. The predicted octanol–water partition coefficient (Wildman–Crippen LogP) is 5.44. The van der Waals surface area contributed by atoms with Crippen LogP contribution >= 0.6 is 0 Å². The molecule has 0 radical (unpaired) electrons. The van der Waals surface area contributed by atoms with E-state index < -0.39 is 5.97 Å². The molecule has 7 heteroatoms. The maximum absolute atomic E-state index is 12.0. The molecular formula is C26H24N2O5. The predicted molar refractivity (Wildman–Crippen MR) is 124 cm³/mol. The Kier molecular flexibility index (Phi) is 6.13. The number of esters is 1. The first-order valence-corrected chi connectivity index (χ1v) is 10.5. The number of carbonyl (C=O) groups excluding carboxylic acids is 1. The van der Waals surface area contributed by atoms with Crippen LogP contribution in [-0.4, -0.2) is 35.3 Å². The number of aryl methyl sites for hydroxylation is 2. The molecule has 0 saturated heterocycles. The van der Waals surface area contributed by atoms with Crippen LogP contribution in [0.15, 0.2) is 59.1 Å². The van der Waals surface area contributed by atoms with Gasteiger partial charge in [-0.2, -0.15) is 0 Å². The number of rotatable bonds is 6. The quantitative estimate of drug-likeness (QED) is 0.396. The summed E-state index contributed by atoms with van der Waals surface area (Å²) in [6, 6.07) is 14.6. The number of methoxy groups -OCH3 is 2. The number of furan rings is 1. The third-order valence-electron chi connectivity index (χ3n) is 5.45. The van der Waals surface area contributed by atoms with Crippen molar-refractivity contribution in [1.82, 2.24) is 9.97 Å². The smallest absolute Gasteiger partial charge is 0.373 e. The number of ether oxygens (including phenoxy) is 2. The lowest BCUT2D eigenvalue weighted by Crippen LogP contribution is -1.99. The monoisotopic (exact) mass is 444 g/mol. The lowest BCUT2D eigenvalue weighted by Gasteiger charge is -2.15. The van der Waals surface area contributed by atoms with Crippen molar-refractivity contribution in [2.24, 2.45) is 0 Å². The molecule has 2 aromatic carbocycles. The van der Waals surface area contributed by atoms with Gasteiger partial charge in [0.25, 0.3) is 0 Å². The second-order valence-corrected chi connectivity index (χ2v) is 7.43. The number of aromatic hydroxyl groups is 1. The minimum Gasteiger partial charge on any atom is -0.507 e. The average molecular weight is 444 g/mol. The van der Waals surface area contributed by atoms with E-state index >= 15 is 0 Å². The fourth-order valence-electron chi connectivity index (χ4n) is 3.73. The van der Waals surface area contributed by atoms with Crippen molar-refractivity contribution < 1.29 is 23.8 Å². The van der Waals surface area contributed by atoms with Crippen molar-refractivity contribution in [3.63, 3.8) is 0 Å². The van der Waals surface area contributed by atoms with Gasteiger partial charge in [-0.25, -0.2) is 14.8 Å². The highest BCUT2D eigenvalue weighted by molar-refractivity contribution is 5.91.